The van der Waals surface area contributed by atoms with Crippen molar-refractivity contribution in [3.8, 4) is 22.3 Å². The maximum absolute atomic E-state index is 2.60. The Morgan fingerprint density at radius 3 is 2.02 bits per heavy atom. The van der Waals surface area contributed by atoms with Gasteiger partial charge in [-0.25, -0.2) is 0 Å². The summed E-state index contributed by atoms with van der Waals surface area (Å²) in [6, 6.07) is 44.4. The molecule has 1 nitrogen and oxygen atoms in total. The minimum Gasteiger partial charge on any atom is -0.310 e. The molecule has 4 fully saturated rings. The van der Waals surface area contributed by atoms with E-state index < -0.39 is 0 Å². The molecule has 4 bridgehead atoms. The third-order valence-corrected chi connectivity index (χ3v) is 13.9. The summed E-state index contributed by atoms with van der Waals surface area (Å²) in [5.41, 5.74) is 16.1. The van der Waals surface area contributed by atoms with Crippen molar-refractivity contribution in [2.45, 2.75) is 82.5 Å². The Hall–Kier alpha value is -4.10. The average Bonchev–Trinajstić information content (AvgIpc) is 3.65. The van der Waals surface area contributed by atoms with Gasteiger partial charge in [0.2, 0.25) is 0 Å². The molecule has 240 valence electrons. The number of anilines is 3. The fourth-order valence-electron chi connectivity index (χ4n) is 11.8. The lowest BCUT2D eigenvalue weighted by atomic mass is 9.59. The fraction of sp³-hybridized carbons (Fsp3) is 0.362. The molecule has 0 heterocycles. The van der Waals surface area contributed by atoms with E-state index >= 15 is 0 Å². The number of hydrogen-bond donors (Lipinski definition) is 0. The van der Waals surface area contributed by atoms with Crippen LogP contribution in [0.5, 0.6) is 0 Å². The molecule has 0 aromatic heterocycles. The van der Waals surface area contributed by atoms with Gasteiger partial charge in [0.1, 0.15) is 0 Å². The zero-order valence-corrected chi connectivity index (χ0v) is 29.0. The maximum atomic E-state index is 2.60. The first-order chi connectivity index (χ1) is 23.3. The van der Waals surface area contributed by atoms with Crippen molar-refractivity contribution in [1.82, 2.24) is 0 Å². The standard InChI is InChI=1S/C47H47N/c1-45(2)23-24-46(3,4)42-29-36(21-22-39(42)45)48(35-19-17-32(18-20-35)31-11-6-5-7-12-31)43-16-10-15-40-44(43)37-13-8-9-14-38(37)47(40)34-26-30-25-33(28-34)41(47)27-30/h5-22,29-30,33-34,41H,23-28H2,1-4H3. The highest BCUT2D eigenvalue weighted by Crippen LogP contribution is 2.73. The first-order valence-corrected chi connectivity index (χ1v) is 18.6. The normalized spacial score (nSPS) is 27.9. The van der Waals surface area contributed by atoms with Crippen LogP contribution in [0.1, 0.15) is 88.5 Å². The van der Waals surface area contributed by atoms with Crippen molar-refractivity contribution in [2.24, 2.45) is 23.7 Å². The molecule has 0 aliphatic heterocycles. The number of benzene rings is 5. The van der Waals surface area contributed by atoms with E-state index in [9.17, 15) is 0 Å². The van der Waals surface area contributed by atoms with Crippen LogP contribution in [0.2, 0.25) is 0 Å². The molecule has 6 aliphatic rings. The van der Waals surface area contributed by atoms with E-state index in [1.54, 1.807) is 11.1 Å². The largest absolute Gasteiger partial charge is 0.310 e. The summed E-state index contributed by atoms with van der Waals surface area (Å²) in [4.78, 5) is 2.60. The molecular formula is C47H47N. The molecule has 5 aromatic carbocycles. The van der Waals surface area contributed by atoms with Crippen LogP contribution in [-0.4, -0.2) is 0 Å². The van der Waals surface area contributed by atoms with Gasteiger partial charge in [-0.2, -0.15) is 0 Å². The fourth-order valence-corrected chi connectivity index (χ4v) is 11.8. The van der Waals surface area contributed by atoms with E-state index in [4.69, 9.17) is 0 Å². The SMILES string of the molecule is CC1(C)CCC(C)(C)c2cc(N(c3ccc(-c4ccccc4)cc3)c3cccc4c3-c3ccccc3C43C4CC5CC(C4)C3C5)ccc21. The Balaban J connectivity index is 1.21. The van der Waals surface area contributed by atoms with Crippen molar-refractivity contribution < 1.29 is 0 Å². The highest BCUT2D eigenvalue weighted by Gasteiger charge is 2.66. The molecule has 0 N–H and O–H groups in total. The van der Waals surface area contributed by atoms with Gasteiger partial charge in [-0.05, 0) is 142 Å². The predicted molar refractivity (Wildman–Crippen MR) is 200 cm³/mol. The third kappa shape index (κ3) is 3.85. The van der Waals surface area contributed by atoms with E-state index in [0.29, 0.717) is 0 Å². The first kappa shape index (κ1) is 28.9. The van der Waals surface area contributed by atoms with E-state index in [2.05, 4.69) is 148 Å². The smallest absolute Gasteiger partial charge is 0.0543 e. The summed E-state index contributed by atoms with van der Waals surface area (Å²) < 4.78 is 0. The molecule has 1 heteroatoms. The molecule has 0 amide bonds. The minimum atomic E-state index is 0.140. The van der Waals surface area contributed by atoms with E-state index in [-0.39, 0.29) is 16.2 Å². The minimum absolute atomic E-state index is 0.140. The predicted octanol–water partition coefficient (Wildman–Crippen LogP) is 12.5. The molecule has 0 radical (unpaired) electrons. The highest BCUT2D eigenvalue weighted by molar-refractivity contribution is 5.96. The zero-order chi connectivity index (χ0) is 32.4. The van der Waals surface area contributed by atoms with Crippen molar-refractivity contribution in [1.29, 1.82) is 0 Å². The average molecular weight is 626 g/mol. The van der Waals surface area contributed by atoms with Crippen LogP contribution >= 0.6 is 0 Å². The summed E-state index contributed by atoms with van der Waals surface area (Å²) in [5, 5.41) is 0. The van der Waals surface area contributed by atoms with Crippen molar-refractivity contribution in [2.75, 3.05) is 4.90 Å². The first-order valence-electron chi connectivity index (χ1n) is 18.6. The van der Waals surface area contributed by atoms with Crippen LogP contribution in [0, 0.1) is 23.7 Å². The molecule has 5 unspecified atom stereocenters. The number of rotatable bonds is 4. The highest BCUT2D eigenvalue weighted by atomic mass is 15.1. The van der Waals surface area contributed by atoms with Crippen molar-refractivity contribution in [3.63, 3.8) is 0 Å². The molecule has 1 spiro atoms. The van der Waals surface area contributed by atoms with Crippen LogP contribution in [-0.2, 0) is 16.2 Å². The lowest BCUT2D eigenvalue weighted by Crippen LogP contribution is -2.40. The van der Waals surface area contributed by atoms with Gasteiger partial charge in [0, 0.05) is 22.4 Å². The lowest BCUT2D eigenvalue weighted by molar-refractivity contribution is 0.191. The van der Waals surface area contributed by atoms with Gasteiger partial charge in [0.15, 0.2) is 0 Å². The Labute approximate surface area is 287 Å². The molecule has 6 aliphatic carbocycles. The molecule has 0 saturated heterocycles. The summed E-state index contributed by atoms with van der Waals surface area (Å²) in [6.45, 7) is 9.77. The van der Waals surface area contributed by atoms with Gasteiger partial charge in [0.25, 0.3) is 0 Å². The van der Waals surface area contributed by atoms with E-state index in [1.165, 1.54) is 89.0 Å². The van der Waals surface area contributed by atoms with Gasteiger partial charge in [-0.15, -0.1) is 0 Å². The van der Waals surface area contributed by atoms with Gasteiger partial charge in [0.05, 0.1) is 5.69 Å². The Bertz CT molecular complexity index is 2060. The van der Waals surface area contributed by atoms with Gasteiger partial charge in [-0.1, -0.05) is 113 Å². The Morgan fingerprint density at radius 1 is 0.542 bits per heavy atom. The third-order valence-electron chi connectivity index (χ3n) is 13.9. The van der Waals surface area contributed by atoms with Crippen molar-refractivity contribution >= 4 is 17.1 Å². The second-order valence-corrected chi connectivity index (χ2v) is 17.2. The molecule has 5 atom stereocenters. The van der Waals surface area contributed by atoms with Crippen LogP contribution in [0.15, 0.2) is 115 Å². The van der Waals surface area contributed by atoms with Gasteiger partial charge >= 0.3 is 0 Å². The lowest BCUT2D eigenvalue weighted by Gasteiger charge is -2.44. The molecular weight excluding hydrogens is 579 g/mol. The molecule has 4 saturated carbocycles. The van der Waals surface area contributed by atoms with Crippen molar-refractivity contribution in [3.05, 3.63) is 138 Å². The summed E-state index contributed by atoms with van der Waals surface area (Å²) in [7, 11) is 0. The number of hydrogen-bond acceptors (Lipinski definition) is 1. The summed E-state index contributed by atoms with van der Waals surface area (Å²) >= 11 is 0. The second-order valence-electron chi connectivity index (χ2n) is 17.2. The second kappa shape index (κ2) is 9.97. The van der Waals surface area contributed by atoms with Gasteiger partial charge < -0.3 is 4.90 Å². The molecule has 48 heavy (non-hydrogen) atoms. The quantitative estimate of drug-likeness (QED) is 0.192. The van der Waals surface area contributed by atoms with Crippen LogP contribution in [0.25, 0.3) is 22.3 Å². The van der Waals surface area contributed by atoms with Crippen LogP contribution < -0.4 is 4.90 Å². The summed E-state index contributed by atoms with van der Waals surface area (Å²) in [6.07, 6.45) is 8.14. The Morgan fingerprint density at radius 2 is 1.23 bits per heavy atom. The maximum Gasteiger partial charge on any atom is 0.0543 e. The molecule has 5 aromatic rings. The van der Waals surface area contributed by atoms with E-state index in [0.717, 1.165) is 23.7 Å². The Kier molecular flexibility index (Phi) is 6.00. The monoisotopic (exact) mass is 625 g/mol. The van der Waals surface area contributed by atoms with Crippen LogP contribution in [0.4, 0.5) is 17.1 Å². The van der Waals surface area contributed by atoms with Gasteiger partial charge in [-0.3, -0.25) is 0 Å². The zero-order valence-electron chi connectivity index (χ0n) is 29.0. The topological polar surface area (TPSA) is 3.24 Å². The number of fused-ring (bicyclic) bond motifs is 4. The van der Waals surface area contributed by atoms with Crippen LogP contribution in [0.3, 0.4) is 0 Å². The van der Waals surface area contributed by atoms with E-state index in [1.807, 2.05) is 0 Å². The summed E-state index contributed by atoms with van der Waals surface area (Å²) in [5.74, 6) is 3.39. The molecule has 11 rings (SSSR count). The number of nitrogens with zero attached hydrogens (tertiary/aromatic N) is 1.